The molecule has 1 aromatic carbocycles. The molecule has 0 bridgehead atoms. The number of benzene rings is 1. The molecular weight excluding hydrogens is 216 g/mol. The van der Waals surface area contributed by atoms with E-state index in [4.69, 9.17) is 10.9 Å². The first kappa shape index (κ1) is 11.8. The van der Waals surface area contributed by atoms with Crippen molar-refractivity contribution in [1.82, 2.24) is 0 Å². The zero-order chi connectivity index (χ0) is 11.4. The number of hydrogen-bond donors (Lipinski definition) is 4. The highest BCUT2D eigenvalue weighted by atomic mass is 32.2. The van der Waals surface area contributed by atoms with Crippen molar-refractivity contribution >= 4 is 23.4 Å². The smallest absolute Gasteiger partial charge is 0.337 e. The van der Waals surface area contributed by atoms with Gasteiger partial charge in [0.25, 0.3) is 0 Å². The molecule has 5 N–H and O–H groups in total. The lowest BCUT2D eigenvalue weighted by Gasteiger charge is -2.11. The van der Waals surface area contributed by atoms with Crippen LogP contribution in [0.3, 0.4) is 0 Å². The highest BCUT2D eigenvalue weighted by molar-refractivity contribution is 7.98. The Bertz CT molecular complexity index is 370. The molecule has 5 nitrogen and oxygen atoms in total. The third kappa shape index (κ3) is 2.62. The maximum Gasteiger partial charge on any atom is 0.337 e. The summed E-state index contributed by atoms with van der Waals surface area (Å²) >= 11 is 1.42. The van der Waals surface area contributed by atoms with Gasteiger partial charge in [0.05, 0.1) is 5.69 Å². The number of nitrogens with one attached hydrogen (secondary N) is 1. The van der Waals surface area contributed by atoms with Gasteiger partial charge in [0, 0.05) is 4.90 Å². The van der Waals surface area contributed by atoms with E-state index in [2.05, 4.69) is 5.43 Å². The summed E-state index contributed by atoms with van der Waals surface area (Å²) < 4.78 is 0. The lowest BCUT2D eigenvalue weighted by molar-refractivity contribution is -0.146. The van der Waals surface area contributed by atoms with Gasteiger partial charge in [-0.2, -0.15) is 0 Å². The highest BCUT2D eigenvalue weighted by Gasteiger charge is 2.16. The van der Waals surface area contributed by atoms with E-state index in [0.29, 0.717) is 11.3 Å². The Morgan fingerprint density at radius 3 is 2.73 bits per heavy atom. The molecule has 0 radical (unpaired) electrons. The van der Waals surface area contributed by atoms with Gasteiger partial charge in [-0.05, 0) is 24.0 Å². The summed E-state index contributed by atoms with van der Waals surface area (Å²) in [6.07, 6.45) is 0.343. The Hall–Kier alpha value is -1.24. The highest BCUT2D eigenvalue weighted by Crippen LogP contribution is 2.28. The molecule has 82 valence electrons. The molecule has 0 saturated heterocycles. The Morgan fingerprint density at radius 2 is 2.27 bits per heavy atom. The van der Waals surface area contributed by atoms with Gasteiger partial charge in [-0.1, -0.05) is 6.07 Å². The van der Waals surface area contributed by atoms with Crippen molar-refractivity contribution in [1.29, 1.82) is 0 Å². The fraction of sp³-hybridized carbons (Fsp3) is 0.222. The number of carbonyl (C=O) groups is 1. The minimum absolute atomic E-state index is 0.339. The van der Waals surface area contributed by atoms with Gasteiger partial charge in [-0.3, -0.25) is 5.84 Å². The maximum absolute atomic E-state index is 10.6. The number of aliphatic carboxylic acids is 1. The molecule has 0 aliphatic heterocycles. The first-order valence-corrected chi connectivity index (χ1v) is 5.38. The van der Waals surface area contributed by atoms with E-state index >= 15 is 0 Å². The van der Waals surface area contributed by atoms with Crippen LogP contribution in [0.2, 0.25) is 0 Å². The molecule has 1 atom stereocenters. The maximum atomic E-state index is 10.6. The van der Waals surface area contributed by atoms with Gasteiger partial charge in [0.15, 0.2) is 6.10 Å². The number of aliphatic hydroxyl groups excluding tert-OH is 1. The van der Waals surface area contributed by atoms with Crippen LogP contribution < -0.4 is 11.3 Å². The van der Waals surface area contributed by atoms with E-state index in [1.807, 2.05) is 6.26 Å². The molecule has 0 spiro atoms. The van der Waals surface area contributed by atoms with Crippen molar-refractivity contribution in [3.8, 4) is 0 Å². The fourth-order valence-electron chi connectivity index (χ4n) is 1.14. The molecule has 0 heterocycles. The number of carboxylic acid groups (broad SMARTS) is 1. The first-order chi connectivity index (χ1) is 7.10. The van der Waals surface area contributed by atoms with Crippen LogP contribution in [-0.4, -0.2) is 22.4 Å². The van der Waals surface area contributed by atoms with Crippen LogP contribution >= 0.6 is 11.8 Å². The molecule has 6 heteroatoms. The minimum atomic E-state index is -1.50. The molecule has 0 saturated carbocycles. The van der Waals surface area contributed by atoms with E-state index in [0.717, 1.165) is 4.90 Å². The molecule has 1 rings (SSSR count). The van der Waals surface area contributed by atoms with Crippen LogP contribution in [-0.2, 0) is 4.79 Å². The normalized spacial score (nSPS) is 12.2. The van der Waals surface area contributed by atoms with Crippen LogP contribution in [0.25, 0.3) is 0 Å². The first-order valence-electron chi connectivity index (χ1n) is 4.15. The number of nitrogen functional groups attached to an aromatic ring is 1. The number of rotatable bonds is 4. The molecular formula is C9H12N2O3S. The topological polar surface area (TPSA) is 95.6 Å². The fourth-order valence-corrected chi connectivity index (χ4v) is 1.74. The van der Waals surface area contributed by atoms with Gasteiger partial charge in [-0.25, -0.2) is 4.79 Å². The van der Waals surface area contributed by atoms with Gasteiger partial charge < -0.3 is 15.6 Å². The van der Waals surface area contributed by atoms with Crippen molar-refractivity contribution in [3.63, 3.8) is 0 Å². The van der Waals surface area contributed by atoms with Gasteiger partial charge in [0.1, 0.15) is 0 Å². The summed E-state index contributed by atoms with van der Waals surface area (Å²) in [6, 6.07) is 4.75. The summed E-state index contributed by atoms with van der Waals surface area (Å²) in [5, 5.41) is 17.9. The number of nitrogens with two attached hydrogens (primary N) is 1. The van der Waals surface area contributed by atoms with Gasteiger partial charge in [0.2, 0.25) is 0 Å². The molecule has 15 heavy (non-hydrogen) atoms. The Kier molecular flexibility index (Phi) is 3.96. The Labute approximate surface area is 91.3 Å². The van der Waals surface area contributed by atoms with Gasteiger partial charge in [-0.15, -0.1) is 11.8 Å². The van der Waals surface area contributed by atoms with Gasteiger partial charge >= 0.3 is 5.97 Å². The Balaban J connectivity index is 3.07. The van der Waals surface area contributed by atoms with E-state index in [1.165, 1.54) is 17.8 Å². The lowest BCUT2D eigenvalue weighted by atomic mass is 10.1. The number of anilines is 1. The van der Waals surface area contributed by atoms with Crippen LogP contribution in [0.15, 0.2) is 23.1 Å². The standard InChI is InChI=1S/C9H12N2O3S/c1-15-7-4-5(8(12)9(13)14)2-3-6(7)11-10/h2-4,8,11-12H,10H2,1H3,(H,13,14). The number of hydrazine groups is 1. The van der Waals surface area contributed by atoms with Crippen molar-refractivity contribution in [2.24, 2.45) is 5.84 Å². The van der Waals surface area contributed by atoms with Crippen LogP contribution in [0.1, 0.15) is 11.7 Å². The predicted molar refractivity (Wildman–Crippen MR) is 58.6 cm³/mol. The largest absolute Gasteiger partial charge is 0.479 e. The average Bonchev–Trinajstić information content (AvgIpc) is 2.26. The predicted octanol–water partition coefficient (Wildman–Crippen LogP) is 0.812. The summed E-state index contributed by atoms with van der Waals surface area (Å²) in [6.45, 7) is 0. The van der Waals surface area contributed by atoms with Crippen molar-refractivity contribution in [2.75, 3.05) is 11.7 Å². The second kappa shape index (κ2) is 5.01. The molecule has 0 aromatic heterocycles. The zero-order valence-electron chi connectivity index (χ0n) is 8.10. The quantitative estimate of drug-likeness (QED) is 0.346. The minimum Gasteiger partial charge on any atom is -0.479 e. The summed E-state index contributed by atoms with van der Waals surface area (Å²) in [7, 11) is 0. The van der Waals surface area contributed by atoms with E-state index in [-0.39, 0.29) is 0 Å². The van der Waals surface area contributed by atoms with Crippen molar-refractivity contribution < 1.29 is 15.0 Å². The molecule has 0 amide bonds. The zero-order valence-corrected chi connectivity index (χ0v) is 8.91. The SMILES string of the molecule is CSc1cc(C(O)C(=O)O)ccc1NN. The Morgan fingerprint density at radius 1 is 1.60 bits per heavy atom. The van der Waals surface area contributed by atoms with Crippen LogP contribution in [0, 0.1) is 0 Å². The van der Waals surface area contributed by atoms with E-state index in [9.17, 15) is 9.90 Å². The molecule has 0 aliphatic carbocycles. The molecule has 1 unspecified atom stereocenters. The van der Waals surface area contributed by atoms with E-state index < -0.39 is 12.1 Å². The van der Waals surface area contributed by atoms with Crippen molar-refractivity contribution in [2.45, 2.75) is 11.0 Å². The van der Waals surface area contributed by atoms with E-state index in [1.54, 1.807) is 12.1 Å². The monoisotopic (exact) mass is 228 g/mol. The average molecular weight is 228 g/mol. The van der Waals surface area contributed by atoms with Crippen LogP contribution in [0.5, 0.6) is 0 Å². The number of hydrogen-bond acceptors (Lipinski definition) is 5. The summed E-state index contributed by atoms with van der Waals surface area (Å²) in [5.41, 5.74) is 3.53. The second-order valence-electron chi connectivity index (χ2n) is 2.84. The second-order valence-corrected chi connectivity index (χ2v) is 3.69. The molecule has 0 aliphatic rings. The number of thioether (sulfide) groups is 1. The number of carboxylic acids is 1. The lowest BCUT2D eigenvalue weighted by Crippen LogP contribution is -2.12. The summed E-state index contributed by atoms with van der Waals surface area (Å²) in [5.74, 6) is 4.00. The third-order valence-electron chi connectivity index (χ3n) is 1.93. The third-order valence-corrected chi connectivity index (χ3v) is 2.71. The van der Waals surface area contributed by atoms with Crippen molar-refractivity contribution in [3.05, 3.63) is 23.8 Å². The van der Waals surface area contributed by atoms with Crippen LogP contribution in [0.4, 0.5) is 5.69 Å². The number of aliphatic hydroxyl groups is 1. The molecule has 1 aromatic rings. The summed E-state index contributed by atoms with van der Waals surface area (Å²) in [4.78, 5) is 11.3. The molecule has 0 fully saturated rings.